The van der Waals surface area contributed by atoms with Gasteiger partial charge in [-0.2, -0.15) is 0 Å². The van der Waals surface area contributed by atoms with Gasteiger partial charge in [0.15, 0.2) is 6.10 Å². The summed E-state index contributed by atoms with van der Waals surface area (Å²) in [4.78, 5) is 11.4. The van der Waals surface area contributed by atoms with Crippen LogP contribution in [0.3, 0.4) is 0 Å². The number of carboxylic acid groups (broad SMARTS) is 1. The number of hydrogen-bond acceptors (Lipinski definition) is 3. The van der Waals surface area contributed by atoms with E-state index in [0.717, 1.165) is 11.1 Å². The third-order valence-corrected chi connectivity index (χ3v) is 3.56. The number of benzene rings is 2. The van der Waals surface area contributed by atoms with Crippen LogP contribution >= 0.6 is 11.6 Å². The van der Waals surface area contributed by atoms with Gasteiger partial charge in [-0.15, -0.1) is 0 Å². The minimum Gasteiger partial charge on any atom is -0.497 e. The Labute approximate surface area is 134 Å². The molecule has 1 atom stereocenters. The van der Waals surface area contributed by atoms with Gasteiger partial charge in [-0.05, 0) is 54.4 Å². The van der Waals surface area contributed by atoms with E-state index in [1.54, 1.807) is 37.4 Å². The molecule has 0 fully saturated rings. The fourth-order valence-corrected chi connectivity index (χ4v) is 2.31. The summed E-state index contributed by atoms with van der Waals surface area (Å²) in [6, 6.07) is 12.2. The van der Waals surface area contributed by atoms with Gasteiger partial charge in [-0.1, -0.05) is 17.7 Å². The lowest BCUT2D eigenvalue weighted by Crippen LogP contribution is -2.29. The molecule has 4 nitrogen and oxygen atoms in total. The highest BCUT2D eigenvalue weighted by atomic mass is 35.5. The number of ether oxygens (including phenoxy) is 2. The second kappa shape index (κ2) is 7.18. The van der Waals surface area contributed by atoms with E-state index in [9.17, 15) is 9.90 Å². The molecule has 0 aliphatic heterocycles. The van der Waals surface area contributed by atoms with E-state index in [-0.39, 0.29) is 6.42 Å². The van der Waals surface area contributed by atoms with Crippen LogP contribution in [0.5, 0.6) is 11.5 Å². The molecular weight excluding hydrogens is 304 g/mol. The van der Waals surface area contributed by atoms with Gasteiger partial charge in [-0.25, -0.2) is 4.79 Å². The summed E-state index contributed by atoms with van der Waals surface area (Å²) in [5.41, 5.74) is 1.84. The van der Waals surface area contributed by atoms with Crippen LogP contribution in [0.15, 0.2) is 42.5 Å². The molecule has 116 valence electrons. The number of rotatable bonds is 6. The fraction of sp³-hybridized carbons (Fsp3) is 0.235. The lowest BCUT2D eigenvalue weighted by molar-refractivity contribution is -0.145. The van der Waals surface area contributed by atoms with Crippen molar-refractivity contribution in [3.8, 4) is 11.5 Å². The molecule has 0 aliphatic carbocycles. The SMILES string of the molecule is COc1ccc(O[C@H](Cc2ccc(Cl)cc2C)C(=O)O)cc1. The van der Waals surface area contributed by atoms with Crippen LogP contribution < -0.4 is 9.47 Å². The average Bonchev–Trinajstić information content (AvgIpc) is 2.49. The van der Waals surface area contributed by atoms with E-state index in [2.05, 4.69) is 0 Å². The van der Waals surface area contributed by atoms with E-state index in [0.29, 0.717) is 16.5 Å². The maximum atomic E-state index is 11.4. The molecule has 0 heterocycles. The first-order valence-electron chi connectivity index (χ1n) is 6.78. The van der Waals surface area contributed by atoms with Crippen molar-refractivity contribution in [1.29, 1.82) is 0 Å². The Hall–Kier alpha value is -2.20. The second-order valence-corrected chi connectivity index (χ2v) is 5.33. The minimum absolute atomic E-state index is 0.268. The predicted octanol–water partition coefficient (Wildman–Crippen LogP) is 3.73. The molecule has 0 radical (unpaired) electrons. The molecular formula is C17H17ClO4. The Morgan fingerprint density at radius 1 is 1.18 bits per heavy atom. The number of carboxylic acids is 1. The number of methoxy groups -OCH3 is 1. The van der Waals surface area contributed by atoms with E-state index >= 15 is 0 Å². The Balaban J connectivity index is 2.14. The molecule has 0 spiro atoms. The summed E-state index contributed by atoms with van der Waals surface area (Å²) < 4.78 is 10.6. The van der Waals surface area contributed by atoms with Crippen LogP contribution in [-0.4, -0.2) is 24.3 Å². The van der Waals surface area contributed by atoms with E-state index < -0.39 is 12.1 Å². The Morgan fingerprint density at radius 3 is 2.36 bits per heavy atom. The molecule has 1 N–H and O–H groups in total. The van der Waals surface area contributed by atoms with Gasteiger partial charge >= 0.3 is 5.97 Å². The number of halogens is 1. The number of carbonyl (C=O) groups is 1. The summed E-state index contributed by atoms with van der Waals surface area (Å²) in [6.45, 7) is 1.90. The van der Waals surface area contributed by atoms with Crippen LogP contribution in [0.25, 0.3) is 0 Å². The Bertz CT molecular complexity index is 652. The van der Waals surface area contributed by atoms with Crippen molar-refractivity contribution in [3.05, 3.63) is 58.6 Å². The van der Waals surface area contributed by atoms with Crippen LogP contribution in [0.4, 0.5) is 0 Å². The van der Waals surface area contributed by atoms with Crippen LogP contribution in [0, 0.1) is 6.92 Å². The molecule has 0 aromatic heterocycles. The van der Waals surface area contributed by atoms with Gasteiger partial charge in [0.1, 0.15) is 11.5 Å². The lowest BCUT2D eigenvalue weighted by atomic mass is 10.0. The highest BCUT2D eigenvalue weighted by molar-refractivity contribution is 6.30. The average molecular weight is 321 g/mol. The van der Waals surface area contributed by atoms with Crippen molar-refractivity contribution in [2.24, 2.45) is 0 Å². The molecule has 0 amide bonds. The van der Waals surface area contributed by atoms with Crippen LogP contribution in [0.2, 0.25) is 5.02 Å². The molecule has 2 aromatic carbocycles. The zero-order chi connectivity index (χ0) is 16.1. The summed E-state index contributed by atoms with van der Waals surface area (Å²) in [5, 5.41) is 10.00. The molecule has 0 saturated carbocycles. The molecule has 5 heteroatoms. The van der Waals surface area contributed by atoms with Crippen molar-refractivity contribution >= 4 is 17.6 Å². The van der Waals surface area contributed by atoms with E-state index in [1.807, 2.05) is 19.1 Å². The Kier molecular flexibility index (Phi) is 5.28. The summed E-state index contributed by atoms with van der Waals surface area (Å²) in [7, 11) is 1.57. The van der Waals surface area contributed by atoms with E-state index in [1.165, 1.54) is 0 Å². The van der Waals surface area contributed by atoms with Gasteiger partial charge in [0, 0.05) is 11.4 Å². The second-order valence-electron chi connectivity index (χ2n) is 4.90. The minimum atomic E-state index is -1.01. The van der Waals surface area contributed by atoms with Crippen molar-refractivity contribution in [2.45, 2.75) is 19.4 Å². The van der Waals surface area contributed by atoms with Gasteiger partial charge in [0.25, 0.3) is 0 Å². The molecule has 2 rings (SSSR count). The highest BCUT2D eigenvalue weighted by Crippen LogP contribution is 2.21. The quantitative estimate of drug-likeness (QED) is 0.881. The maximum absolute atomic E-state index is 11.4. The van der Waals surface area contributed by atoms with Gasteiger partial charge < -0.3 is 14.6 Å². The first-order chi connectivity index (χ1) is 10.5. The fourth-order valence-electron chi connectivity index (χ4n) is 2.09. The first-order valence-corrected chi connectivity index (χ1v) is 7.16. The zero-order valence-corrected chi connectivity index (χ0v) is 13.1. The van der Waals surface area contributed by atoms with Crippen molar-refractivity contribution in [1.82, 2.24) is 0 Å². The normalized spacial score (nSPS) is 11.8. The van der Waals surface area contributed by atoms with Crippen LogP contribution in [-0.2, 0) is 11.2 Å². The standard InChI is InChI=1S/C17H17ClO4/c1-11-9-13(18)4-3-12(11)10-16(17(19)20)22-15-7-5-14(21-2)6-8-15/h3-9,16H,10H2,1-2H3,(H,19,20)/t16-/m1/s1. The predicted molar refractivity (Wildman–Crippen MR) is 84.9 cm³/mol. The monoisotopic (exact) mass is 320 g/mol. The zero-order valence-electron chi connectivity index (χ0n) is 12.4. The lowest BCUT2D eigenvalue weighted by Gasteiger charge is -2.16. The third-order valence-electron chi connectivity index (χ3n) is 3.32. The number of aryl methyl sites for hydroxylation is 1. The topological polar surface area (TPSA) is 55.8 Å². The van der Waals surface area contributed by atoms with Gasteiger partial charge in [0.2, 0.25) is 0 Å². The summed E-state index contributed by atoms with van der Waals surface area (Å²) in [6.07, 6.45) is -0.696. The van der Waals surface area contributed by atoms with Crippen molar-refractivity contribution in [2.75, 3.05) is 7.11 Å². The van der Waals surface area contributed by atoms with E-state index in [4.69, 9.17) is 21.1 Å². The summed E-state index contributed by atoms with van der Waals surface area (Å²) in [5.74, 6) is 0.165. The molecule has 0 bridgehead atoms. The molecule has 0 aliphatic rings. The molecule has 0 saturated heterocycles. The van der Waals surface area contributed by atoms with Crippen molar-refractivity contribution in [3.63, 3.8) is 0 Å². The highest BCUT2D eigenvalue weighted by Gasteiger charge is 2.21. The summed E-state index contributed by atoms with van der Waals surface area (Å²) >= 11 is 5.91. The third kappa shape index (κ3) is 4.15. The molecule has 22 heavy (non-hydrogen) atoms. The number of hydrogen-bond donors (Lipinski definition) is 1. The number of aliphatic carboxylic acids is 1. The molecule has 2 aromatic rings. The first kappa shape index (κ1) is 16.2. The largest absolute Gasteiger partial charge is 0.497 e. The Morgan fingerprint density at radius 2 is 1.82 bits per heavy atom. The molecule has 0 unspecified atom stereocenters. The van der Waals surface area contributed by atoms with Gasteiger partial charge in [0.05, 0.1) is 7.11 Å². The maximum Gasteiger partial charge on any atom is 0.345 e. The van der Waals surface area contributed by atoms with Crippen LogP contribution in [0.1, 0.15) is 11.1 Å². The van der Waals surface area contributed by atoms with Crippen molar-refractivity contribution < 1.29 is 19.4 Å². The smallest absolute Gasteiger partial charge is 0.345 e. The van der Waals surface area contributed by atoms with Gasteiger partial charge in [-0.3, -0.25) is 0 Å².